The van der Waals surface area contributed by atoms with Crippen LogP contribution in [0.15, 0.2) is 24.3 Å². The number of halogens is 1. The van der Waals surface area contributed by atoms with E-state index in [1.165, 1.54) is 0 Å². The normalized spacial score (nSPS) is 24.8. The maximum atomic E-state index is 13.7. The summed E-state index contributed by atoms with van der Waals surface area (Å²) in [7, 11) is 0. The van der Waals surface area contributed by atoms with E-state index in [-0.39, 0.29) is 5.78 Å². The minimum absolute atomic E-state index is 0.0454. The molecule has 1 aromatic rings. The van der Waals surface area contributed by atoms with Crippen molar-refractivity contribution in [2.24, 2.45) is 0 Å². The second-order valence-corrected chi connectivity index (χ2v) is 4.69. The highest BCUT2D eigenvalue weighted by Gasteiger charge is 2.33. The van der Waals surface area contributed by atoms with Gasteiger partial charge in [-0.15, -0.1) is 0 Å². The molecule has 1 fully saturated rings. The first kappa shape index (κ1) is 11.1. The topological polar surface area (TPSA) is 20.3 Å². The zero-order valence-electron chi connectivity index (χ0n) is 9.66. The van der Waals surface area contributed by atoms with Crippen molar-refractivity contribution in [3.8, 4) is 0 Å². The molecule has 1 atom stereocenters. The third-order valence-electron chi connectivity index (χ3n) is 3.04. The highest BCUT2D eigenvalue weighted by Crippen LogP contribution is 2.29. The molecule has 1 unspecified atom stereocenters. The van der Waals surface area contributed by atoms with Crippen LogP contribution in [0.2, 0.25) is 0 Å². The fourth-order valence-electron chi connectivity index (χ4n) is 2.07. The first-order valence-corrected chi connectivity index (χ1v) is 5.53. The zero-order chi connectivity index (χ0) is 11.8. The molecule has 0 N–H and O–H groups in total. The van der Waals surface area contributed by atoms with E-state index in [1.54, 1.807) is 19.9 Å². The molecule has 0 radical (unpaired) electrons. The van der Waals surface area contributed by atoms with E-state index in [2.05, 4.69) is 0 Å². The molecule has 86 valence electrons. The Morgan fingerprint density at radius 2 is 2.25 bits per heavy atom. The summed E-state index contributed by atoms with van der Waals surface area (Å²) in [6.07, 6.45) is 0.553. The molecule has 2 rings (SSSR count). The molecule has 0 aromatic heterocycles. The number of Topliss-reactive ketones (excluding diaryl/α,β-unsaturated/α-hetero) is 1. The highest BCUT2D eigenvalue weighted by molar-refractivity contribution is 5.95. The van der Waals surface area contributed by atoms with Crippen LogP contribution in [-0.4, -0.2) is 24.5 Å². The van der Waals surface area contributed by atoms with Crippen LogP contribution in [0.4, 0.5) is 10.1 Å². The Kier molecular flexibility index (Phi) is 2.70. The van der Waals surface area contributed by atoms with E-state index >= 15 is 0 Å². The smallest absolute Gasteiger partial charge is 0.159 e. The average molecular weight is 221 g/mol. The first-order chi connectivity index (χ1) is 7.48. The zero-order valence-corrected chi connectivity index (χ0v) is 9.66. The van der Waals surface area contributed by atoms with Crippen LogP contribution in [0.5, 0.6) is 0 Å². The summed E-state index contributed by atoms with van der Waals surface area (Å²) >= 11 is 0. The van der Waals surface area contributed by atoms with Gasteiger partial charge in [0.05, 0.1) is 6.54 Å². The number of alkyl halides is 1. The summed E-state index contributed by atoms with van der Waals surface area (Å²) in [6.45, 7) is 4.30. The number of hydrogen-bond acceptors (Lipinski definition) is 2. The van der Waals surface area contributed by atoms with Gasteiger partial charge < -0.3 is 4.90 Å². The molecule has 1 aromatic carbocycles. The van der Waals surface area contributed by atoms with E-state index in [0.29, 0.717) is 25.1 Å². The summed E-state index contributed by atoms with van der Waals surface area (Å²) in [5, 5.41) is 0. The maximum Gasteiger partial charge on any atom is 0.159 e. The fraction of sp³-hybridized carbons (Fsp3) is 0.462. The van der Waals surface area contributed by atoms with Gasteiger partial charge in [-0.1, -0.05) is 12.1 Å². The second-order valence-electron chi connectivity index (χ2n) is 4.69. The van der Waals surface area contributed by atoms with E-state index < -0.39 is 5.67 Å². The summed E-state index contributed by atoms with van der Waals surface area (Å²) in [5.74, 6) is 0.0454. The molecule has 2 nitrogen and oxygen atoms in total. The predicted octanol–water partition coefficient (Wildman–Crippen LogP) is 2.83. The van der Waals surface area contributed by atoms with Gasteiger partial charge in [0.25, 0.3) is 0 Å². The third-order valence-corrected chi connectivity index (χ3v) is 3.04. The van der Waals surface area contributed by atoms with Gasteiger partial charge in [0.2, 0.25) is 0 Å². The van der Waals surface area contributed by atoms with Gasteiger partial charge in [-0.25, -0.2) is 4.39 Å². The molecule has 0 spiro atoms. The maximum absolute atomic E-state index is 13.7. The monoisotopic (exact) mass is 221 g/mol. The van der Waals surface area contributed by atoms with Crippen LogP contribution in [0.25, 0.3) is 0 Å². The van der Waals surface area contributed by atoms with E-state index in [1.807, 2.05) is 23.1 Å². The molecule has 1 aliphatic rings. The summed E-state index contributed by atoms with van der Waals surface area (Å²) < 4.78 is 13.7. The van der Waals surface area contributed by atoms with Crippen molar-refractivity contribution < 1.29 is 9.18 Å². The lowest BCUT2D eigenvalue weighted by Gasteiger charge is -2.20. The Hall–Kier alpha value is -1.38. The van der Waals surface area contributed by atoms with E-state index in [0.717, 1.165) is 5.69 Å². The molecule has 0 saturated carbocycles. The Morgan fingerprint density at radius 3 is 2.81 bits per heavy atom. The highest BCUT2D eigenvalue weighted by atomic mass is 19.1. The lowest BCUT2D eigenvalue weighted by Crippen LogP contribution is -2.25. The fourth-order valence-corrected chi connectivity index (χ4v) is 2.07. The van der Waals surface area contributed by atoms with Crippen LogP contribution in [0.1, 0.15) is 30.6 Å². The second kappa shape index (κ2) is 3.89. The van der Waals surface area contributed by atoms with E-state index in [9.17, 15) is 9.18 Å². The SMILES string of the molecule is CC(=O)c1cccc(N2CCC(C)(F)C2)c1. The molecule has 16 heavy (non-hydrogen) atoms. The molecule has 1 saturated heterocycles. The van der Waals surface area contributed by atoms with Gasteiger partial charge in [-0.2, -0.15) is 0 Å². The Labute approximate surface area is 95.1 Å². The largest absolute Gasteiger partial charge is 0.368 e. The number of benzene rings is 1. The number of anilines is 1. The summed E-state index contributed by atoms with van der Waals surface area (Å²) in [4.78, 5) is 13.2. The minimum Gasteiger partial charge on any atom is -0.368 e. The number of carbonyl (C=O) groups is 1. The Balaban J connectivity index is 2.22. The molecule has 0 bridgehead atoms. The van der Waals surface area contributed by atoms with E-state index in [4.69, 9.17) is 0 Å². The van der Waals surface area contributed by atoms with Crippen molar-refractivity contribution in [2.75, 3.05) is 18.0 Å². The lowest BCUT2D eigenvalue weighted by atomic mass is 10.1. The van der Waals surface area contributed by atoms with Gasteiger partial charge in [0.1, 0.15) is 5.67 Å². The summed E-state index contributed by atoms with van der Waals surface area (Å²) in [5.41, 5.74) is 0.519. The van der Waals surface area contributed by atoms with Crippen molar-refractivity contribution in [1.82, 2.24) is 0 Å². The Bertz CT molecular complexity index is 414. The van der Waals surface area contributed by atoms with Crippen molar-refractivity contribution in [3.63, 3.8) is 0 Å². The quantitative estimate of drug-likeness (QED) is 0.716. The van der Waals surface area contributed by atoms with Gasteiger partial charge in [-0.05, 0) is 26.0 Å². The van der Waals surface area contributed by atoms with Gasteiger partial charge in [-0.3, -0.25) is 4.79 Å². The summed E-state index contributed by atoms with van der Waals surface area (Å²) in [6, 6.07) is 7.40. The van der Waals surface area contributed by atoms with Crippen molar-refractivity contribution in [2.45, 2.75) is 25.9 Å². The number of nitrogens with zero attached hydrogens (tertiary/aromatic N) is 1. The molecule has 3 heteroatoms. The van der Waals surface area contributed by atoms with Crippen LogP contribution in [0, 0.1) is 0 Å². The lowest BCUT2D eigenvalue weighted by molar-refractivity contribution is 0.101. The minimum atomic E-state index is -1.10. The standard InChI is InChI=1S/C13H16FNO/c1-10(16)11-4-3-5-12(8-11)15-7-6-13(2,14)9-15/h3-5,8H,6-7,9H2,1-2H3. The van der Waals surface area contributed by atoms with Crippen LogP contribution < -0.4 is 4.90 Å². The molecule has 1 heterocycles. The Morgan fingerprint density at radius 1 is 1.50 bits per heavy atom. The van der Waals surface area contributed by atoms with Crippen LogP contribution in [0.3, 0.4) is 0 Å². The third kappa shape index (κ3) is 2.23. The van der Waals surface area contributed by atoms with Crippen LogP contribution >= 0.6 is 0 Å². The number of carbonyl (C=O) groups excluding carboxylic acids is 1. The predicted molar refractivity (Wildman–Crippen MR) is 62.8 cm³/mol. The molecule has 1 aliphatic heterocycles. The number of rotatable bonds is 2. The van der Waals surface area contributed by atoms with Crippen molar-refractivity contribution in [1.29, 1.82) is 0 Å². The number of hydrogen-bond donors (Lipinski definition) is 0. The van der Waals surface area contributed by atoms with Crippen molar-refractivity contribution in [3.05, 3.63) is 29.8 Å². The molecule has 0 aliphatic carbocycles. The van der Waals surface area contributed by atoms with Gasteiger partial charge in [0.15, 0.2) is 5.78 Å². The molecule has 0 amide bonds. The first-order valence-electron chi connectivity index (χ1n) is 5.53. The van der Waals surface area contributed by atoms with Crippen molar-refractivity contribution >= 4 is 11.5 Å². The average Bonchev–Trinajstić information content (AvgIpc) is 2.59. The van der Waals surface area contributed by atoms with Gasteiger partial charge >= 0.3 is 0 Å². The molecular formula is C13H16FNO. The number of ketones is 1. The van der Waals surface area contributed by atoms with Crippen LogP contribution in [-0.2, 0) is 0 Å². The molecular weight excluding hydrogens is 205 g/mol. The van der Waals surface area contributed by atoms with Gasteiger partial charge in [0, 0.05) is 24.2 Å².